The van der Waals surface area contributed by atoms with Gasteiger partial charge in [0.15, 0.2) is 5.78 Å². The van der Waals surface area contributed by atoms with Gasteiger partial charge in [0.05, 0.1) is 7.11 Å². The number of phenols is 1. The zero-order valence-corrected chi connectivity index (χ0v) is 13.9. The molecule has 0 spiro atoms. The number of hydrogen-bond acceptors (Lipinski definition) is 3. The lowest BCUT2D eigenvalue weighted by Crippen LogP contribution is -1.97. The third kappa shape index (κ3) is 4.36. The topological polar surface area (TPSA) is 46.5 Å². The molecule has 4 heteroatoms. The summed E-state index contributed by atoms with van der Waals surface area (Å²) < 4.78 is 5.22. The number of carbonyl (C=O) groups is 1. The van der Waals surface area contributed by atoms with E-state index in [0.29, 0.717) is 23.4 Å². The fraction of sp³-hybridized carbons (Fsp3) is 0.211. The van der Waals surface area contributed by atoms with E-state index >= 15 is 0 Å². The van der Waals surface area contributed by atoms with Crippen LogP contribution in [0.25, 0.3) is 6.08 Å². The molecule has 23 heavy (non-hydrogen) atoms. The first-order valence-electron chi connectivity index (χ1n) is 7.30. The highest BCUT2D eigenvalue weighted by Crippen LogP contribution is 2.21. The smallest absolute Gasteiger partial charge is 0.185 e. The van der Waals surface area contributed by atoms with Gasteiger partial charge in [-0.25, -0.2) is 0 Å². The Hall–Kier alpha value is -2.26. The molecule has 0 atom stereocenters. The number of hydrogen-bond donors (Lipinski definition) is 1. The molecule has 0 amide bonds. The van der Waals surface area contributed by atoms with Crippen LogP contribution in [-0.4, -0.2) is 23.9 Å². The van der Waals surface area contributed by atoms with Gasteiger partial charge >= 0.3 is 0 Å². The Balaban J connectivity index is 2.18. The average Bonchev–Trinajstić information content (AvgIpc) is 2.55. The second kappa shape index (κ2) is 7.84. The van der Waals surface area contributed by atoms with Gasteiger partial charge in [0.25, 0.3) is 0 Å². The summed E-state index contributed by atoms with van der Waals surface area (Å²) in [6.45, 7) is 1.95. The normalized spacial score (nSPS) is 10.9. The third-order valence-electron chi connectivity index (χ3n) is 3.57. The molecule has 0 aromatic heterocycles. The van der Waals surface area contributed by atoms with Crippen molar-refractivity contribution in [3.63, 3.8) is 0 Å². The van der Waals surface area contributed by atoms with E-state index in [2.05, 4.69) is 0 Å². The van der Waals surface area contributed by atoms with Gasteiger partial charge in [-0.15, -0.1) is 11.6 Å². The van der Waals surface area contributed by atoms with Gasteiger partial charge in [0.1, 0.15) is 11.5 Å². The highest BCUT2D eigenvalue weighted by molar-refractivity contribution is 6.18. The molecule has 2 rings (SSSR count). The molecule has 0 saturated heterocycles. The third-order valence-corrected chi connectivity index (χ3v) is 3.76. The van der Waals surface area contributed by atoms with Crippen LogP contribution >= 0.6 is 11.6 Å². The molecule has 0 saturated carbocycles. The van der Waals surface area contributed by atoms with Crippen LogP contribution < -0.4 is 4.74 Å². The Morgan fingerprint density at radius 2 is 2.04 bits per heavy atom. The zero-order valence-electron chi connectivity index (χ0n) is 13.2. The number of aryl methyl sites for hydroxylation is 2. The number of methoxy groups -OCH3 is 1. The number of carbonyl (C=O) groups excluding carboxylic acids is 1. The van der Waals surface area contributed by atoms with E-state index in [9.17, 15) is 9.90 Å². The van der Waals surface area contributed by atoms with Crippen molar-refractivity contribution in [2.75, 3.05) is 13.0 Å². The van der Waals surface area contributed by atoms with Crippen LogP contribution in [0.5, 0.6) is 11.5 Å². The van der Waals surface area contributed by atoms with Gasteiger partial charge in [-0.3, -0.25) is 4.79 Å². The van der Waals surface area contributed by atoms with Crippen molar-refractivity contribution in [3.8, 4) is 11.5 Å². The van der Waals surface area contributed by atoms with Gasteiger partial charge < -0.3 is 9.84 Å². The molecule has 3 nitrogen and oxygen atoms in total. The zero-order chi connectivity index (χ0) is 16.8. The first-order valence-corrected chi connectivity index (χ1v) is 7.83. The molecule has 1 N–H and O–H groups in total. The lowest BCUT2D eigenvalue weighted by Gasteiger charge is -2.05. The monoisotopic (exact) mass is 330 g/mol. The lowest BCUT2D eigenvalue weighted by atomic mass is 10.0. The second-order valence-corrected chi connectivity index (χ2v) is 5.59. The Morgan fingerprint density at radius 3 is 2.70 bits per heavy atom. The summed E-state index contributed by atoms with van der Waals surface area (Å²) in [5.74, 6) is 1.26. The molecule has 0 bridgehead atoms. The highest BCUT2D eigenvalue weighted by atomic mass is 35.5. The summed E-state index contributed by atoms with van der Waals surface area (Å²) >= 11 is 5.70. The van der Waals surface area contributed by atoms with Gasteiger partial charge in [0.2, 0.25) is 0 Å². The van der Waals surface area contributed by atoms with Crippen LogP contribution in [0, 0.1) is 6.92 Å². The van der Waals surface area contributed by atoms with E-state index in [1.165, 1.54) is 12.1 Å². The minimum atomic E-state index is -0.116. The quantitative estimate of drug-likeness (QED) is 0.485. The number of alkyl halides is 1. The maximum atomic E-state index is 12.3. The van der Waals surface area contributed by atoms with E-state index < -0.39 is 0 Å². The van der Waals surface area contributed by atoms with Crippen molar-refractivity contribution in [1.29, 1.82) is 0 Å². The van der Waals surface area contributed by atoms with Crippen LogP contribution in [0.1, 0.15) is 27.0 Å². The number of halogens is 1. The Kier molecular flexibility index (Phi) is 5.83. The fourth-order valence-corrected chi connectivity index (χ4v) is 2.52. The molecule has 0 fully saturated rings. The van der Waals surface area contributed by atoms with Gasteiger partial charge in [-0.1, -0.05) is 12.1 Å². The summed E-state index contributed by atoms with van der Waals surface area (Å²) in [7, 11) is 1.63. The predicted octanol–water partition coefficient (Wildman–Crippen LogP) is 4.39. The first-order chi connectivity index (χ1) is 11.0. The molecular weight excluding hydrogens is 312 g/mol. The molecule has 120 valence electrons. The van der Waals surface area contributed by atoms with E-state index in [1.807, 2.05) is 25.1 Å². The van der Waals surface area contributed by atoms with Crippen LogP contribution in [0.4, 0.5) is 0 Å². The van der Waals surface area contributed by atoms with Crippen LogP contribution in [-0.2, 0) is 6.42 Å². The Morgan fingerprint density at radius 1 is 1.26 bits per heavy atom. The molecule has 0 unspecified atom stereocenters. The van der Waals surface area contributed by atoms with E-state index in [-0.39, 0.29) is 11.5 Å². The van der Waals surface area contributed by atoms with Gasteiger partial charge in [-0.2, -0.15) is 0 Å². The number of ether oxygens (including phenoxy) is 1. The minimum Gasteiger partial charge on any atom is -0.508 e. The second-order valence-electron chi connectivity index (χ2n) is 5.21. The van der Waals surface area contributed by atoms with Crippen molar-refractivity contribution in [2.45, 2.75) is 13.3 Å². The summed E-state index contributed by atoms with van der Waals surface area (Å²) in [5, 5.41) is 9.74. The van der Waals surface area contributed by atoms with Crippen LogP contribution in [0.3, 0.4) is 0 Å². The van der Waals surface area contributed by atoms with Crippen molar-refractivity contribution in [1.82, 2.24) is 0 Å². The molecule has 2 aromatic carbocycles. The van der Waals surface area contributed by atoms with Crippen molar-refractivity contribution in [2.24, 2.45) is 0 Å². The average molecular weight is 331 g/mol. The maximum absolute atomic E-state index is 12.3. The molecule has 0 aliphatic carbocycles. The Labute approximate surface area is 141 Å². The van der Waals surface area contributed by atoms with Gasteiger partial charge in [0, 0.05) is 11.4 Å². The van der Waals surface area contributed by atoms with E-state index in [1.54, 1.807) is 25.3 Å². The van der Waals surface area contributed by atoms with Crippen molar-refractivity contribution < 1.29 is 14.6 Å². The van der Waals surface area contributed by atoms with E-state index in [4.69, 9.17) is 16.3 Å². The number of aromatic hydroxyl groups is 1. The SMILES string of the molecule is COc1ccc(/C=C/C(=O)c2ccc(O)c(CCCl)c2)cc1C. The van der Waals surface area contributed by atoms with Crippen molar-refractivity contribution >= 4 is 23.5 Å². The molecule has 2 aromatic rings. The fourth-order valence-electron chi connectivity index (χ4n) is 2.31. The standard InChI is InChI=1S/C19H19ClO3/c1-13-11-14(4-8-19(13)23-2)3-6-17(21)15-5-7-18(22)16(12-15)9-10-20/h3-8,11-12,22H,9-10H2,1-2H3/b6-3+. The largest absolute Gasteiger partial charge is 0.508 e. The highest BCUT2D eigenvalue weighted by Gasteiger charge is 2.07. The molecule has 0 heterocycles. The van der Waals surface area contributed by atoms with E-state index in [0.717, 1.165) is 16.9 Å². The molecule has 0 aliphatic heterocycles. The van der Waals surface area contributed by atoms with Crippen LogP contribution in [0.15, 0.2) is 42.5 Å². The molecular formula is C19H19ClO3. The summed E-state index contributed by atoms with van der Waals surface area (Å²) in [5.41, 5.74) is 3.15. The number of ketones is 1. The molecule has 0 aliphatic rings. The predicted molar refractivity (Wildman–Crippen MR) is 93.6 cm³/mol. The number of allylic oxidation sites excluding steroid dienone is 1. The van der Waals surface area contributed by atoms with Gasteiger partial charge in [-0.05, 0) is 66.4 Å². The first kappa shape index (κ1) is 17.1. The lowest BCUT2D eigenvalue weighted by molar-refractivity contribution is 0.104. The number of benzene rings is 2. The minimum absolute atomic E-state index is 0.116. The van der Waals surface area contributed by atoms with Crippen LogP contribution in [0.2, 0.25) is 0 Å². The molecule has 0 radical (unpaired) electrons. The number of rotatable bonds is 6. The Bertz CT molecular complexity index is 735. The van der Waals surface area contributed by atoms with Crippen molar-refractivity contribution in [3.05, 3.63) is 64.7 Å². The summed E-state index contributed by atoms with van der Waals surface area (Å²) in [6.07, 6.45) is 3.82. The number of phenolic OH excluding ortho intramolecular Hbond substituents is 1. The maximum Gasteiger partial charge on any atom is 0.185 e. The summed E-state index contributed by atoms with van der Waals surface area (Å²) in [4.78, 5) is 12.3. The summed E-state index contributed by atoms with van der Waals surface area (Å²) in [6, 6.07) is 10.5.